The van der Waals surface area contributed by atoms with Gasteiger partial charge in [0.05, 0.1) is 18.2 Å². The third kappa shape index (κ3) is 11.6. The van der Waals surface area contributed by atoms with Gasteiger partial charge in [-0.3, -0.25) is 14.5 Å². The first-order valence-electron chi connectivity index (χ1n) is 21.5. The summed E-state index contributed by atoms with van der Waals surface area (Å²) >= 11 is 0. The molecule has 1 aliphatic heterocycles. The van der Waals surface area contributed by atoms with Crippen molar-refractivity contribution in [2.45, 2.75) is 44.1 Å². The zero-order valence-electron chi connectivity index (χ0n) is 35.5. The molecule has 7 rings (SSSR count). The molecule has 64 heavy (non-hydrogen) atoms. The van der Waals surface area contributed by atoms with Crippen molar-refractivity contribution in [1.29, 1.82) is 0 Å². The molecule has 3 amide bonds. The lowest BCUT2D eigenvalue weighted by molar-refractivity contribution is -0.164. The topological polar surface area (TPSA) is 205 Å². The van der Waals surface area contributed by atoms with Gasteiger partial charge < -0.3 is 46.3 Å². The minimum absolute atomic E-state index is 0.0755. The van der Waals surface area contributed by atoms with Crippen LogP contribution in [0.1, 0.15) is 63.5 Å². The molecule has 1 fully saturated rings. The molecule has 1 saturated heterocycles. The van der Waals surface area contributed by atoms with Gasteiger partial charge in [0.1, 0.15) is 5.75 Å². The summed E-state index contributed by atoms with van der Waals surface area (Å²) in [4.78, 5) is 56.2. The second-order valence-corrected chi connectivity index (χ2v) is 16.1. The smallest absolute Gasteiger partial charge is 0.347 e. The molecule has 8 N–H and O–H groups in total. The fraction of sp³-hybridized carbons (Fsp3) is 0.280. The number of likely N-dealkylation sites (tertiary alicyclic amines) is 1. The second-order valence-electron chi connectivity index (χ2n) is 16.1. The summed E-state index contributed by atoms with van der Waals surface area (Å²) in [6.07, 6.45) is 1.32. The fourth-order valence-electron chi connectivity index (χ4n) is 7.91. The largest absolute Gasteiger partial charge is 0.506 e. The van der Waals surface area contributed by atoms with Crippen LogP contribution in [0.25, 0.3) is 10.9 Å². The lowest BCUT2D eigenvalue weighted by Crippen LogP contribution is -2.40. The van der Waals surface area contributed by atoms with Gasteiger partial charge in [-0.15, -0.1) is 0 Å². The zero-order chi connectivity index (χ0) is 44.9. The number of aliphatic hydroxyl groups is 2. The van der Waals surface area contributed by atoms with Crippen LogP contribution in [0.15, 0.2) is 138 Å². The van der Waals surface area contributed by atoms with Gasteiger partial charge in [-0.25, -0.2) is 9.59 Å². The molecule has 0 aliphatic carbocycles. The second kappa shape index (κ2) is 21.5. The molecule has 0 spiro atoms. The highest BCUT2D eigenvalue weighted by molar-refractivity contribution is 5.94. The number of carbonyl (C=O) groups is 3. The van der Waals surface area contributed by atoms with Crippen LogP contribution in [0.3, 0.4) is 0 Å². The number of hydrogen-bond donors (Lipinski definition) is 8. The number of pyridine rings is 1. The summed E-state index contributed by atoms with van der Waals surface area (Å²) in [5.74, 6) is -0.944. The number of esters is 1. The average Bonchev–Trinajstić information content (AvgIpc) is 3.32. The number of phenols is 1. The highest BCUT2D eigenvalue weighted by Crippen LogP contribution is 2.34. The van der Waals surface area contributed by atoms with Crippen LogP contribution in [-0.4, -0.2) is 82.4 Å². The molecule has 14 heteroatoms. The van der Waals surface area contributed by atoms with Crippen LogP contribution >= 0.6 is 0 Å². The lowest BCUT2D eigenvalue weighted by atomic mass is 9.86. The Labute approximate surface area is 371 Å². The SMILES string of the molecule is O=C(NCCCNC(=O)c1ccc(CNCC(O)c2ccc(O)c3[nH]c(=O)ccc23)cc1)Nc1cccc(C(O)(C(=O)OCC2CCN(Cc3ccccc3)CC2)c2ccccc2)c1. The number of aromatic nitrogens is 1. The number of ether oxygens (including phenoxy) is 1. The predicted octanol–water partition coefficient (Wildman–Crippen LogP) is 5.69. The lowest BCUT2D eigenvalue weighted by Gasteiger charge is -2.33. The van der Waals surface area contributed by atoms with E-state index in [0.717, 1.165) is 38.0 Å². The van der Waals surface area contributed by atoms with E-state index in [9.17, 15) is 34.5 Å². The van der Waals surface area contributed by atoms with Crippen LogP contribution in [0.5, 0.6) is 5.75 Å². The van der Waals surface area contributed by atoms with Crippen molar-refractivity contribution >= 4 is 34.5 Å². The van der Waals surface area contributed by atoms with Crippen molar-refractivity contribution < 1.29 is 34.4 Å². The summed E-state index contributed by atoms with van der Waals surface area (Å²) < 4.78 is 5.85. The van der Waals surface area contributed by atoms with Crippen molar-refractivity contribution in [2.24, 2.45) is 5.92 Å². The minimum atomic E-state index is -2.11. The van der Waals surface area contributed by atoms with Crippen LogP contribution in [0.2, 0.25) is 0 Å². The number of fused-ring (bicyclic) bond motifs is 1. The number of nitrogens with zero attached hydrogens (tertiary/aromatic N) is 1. The Balaban J connectivity index is 0.834. The molecule has 0 bridgehead atoms. The van der Waals surface area contributed by atoms with Gasteiger partial charge in [0.25, 0.3) is 5.91 Å². The molecule has 5 aromatic carbocycles. The molecule has 332 valence electrons. The molecule has 0 saturated carbocycles. The van der Waals surface area contributed by atoms with Gasteiger partial charge in [0.2, 0.25) is 11.2 Å². The van der Waals surface area contributed by atoms with Crippen molar-refractivity contribution in [1.82, 2.24) is 25.8 Å². The van der Waals surface area contributed by atoms with Gasteiger partial charge in [-0.2, -0.15) is 0 Å². The van der Waals surface area contributed by atoms with E-state index in [4.69, 9.17) is 4.74 Å². The number of aromatic hydroxyl groups is 1. The Morgan fingerprint density at radius 2 is 1.50 bits per heavy atom. The quantitative estimate of drug-likeness (QED) is 0.0392. The fourth-order valence-corrected chi connectivity index (χ4v) is 7.91. The van der Waals surface area contributed by atoms with Gasteiger partial charge in [0.15, 0.2) is 0 Å². The van der Waals surface area contributed by atoms with E-state index in [-0.39, 0.29) is 53.9 Å². The molecular weight excluding hydrogens is 813 g/mol. The third-order valence-electron chi connectivity index (χ3n) is 11.5. The number of aliphatic hydroxyl groups excluding tert-OH is 1. The maximum absolute atomic E-state index is 13.8. The summed E-state index contributed by atoms with van der Waals surface area (Å²) in [6.45, 7) is 4.09. The standard InChI is InChI=1S/C50H54N6O8/c57-43-21-19-41(42-20-22-45(59)55-46(42)43)44(58)31-51-30-34-15-17-37(18-16-34)47(60)52-25-8-26-53-49(62)54-40-14-7-13-39(29-40)50(63,38-11-5-2-6-12-38)48(61)64-33-36-23-27-56(28-24-36)32-35-9-3-1-4-10-35/h1-7,9-22,29,36,44,51,57-58,63H,8,23-28,30-33H2,(H,52,60)(H,55,59)(H2,53,54,62). The van der Waals surface area contributed by atoms with Crippen molar-refractivity contribution in [3.63, 3.8) is 0 Å². The van der Waals surface area contributed by atoms with Crippen molar-refractivity contribution in [3.8, 4) is 5.75 Å². The molecule has 2 atom stereocenters. The van der Waals surface area contributed by atoms with Gasteiger partial charge in [-0.05, 0) is 96.9 Å². The average molecular weight is 867 g/mol. The Hall–Kier alpha value is -6.84. The monoisotopic (exact) mass is 866 g/mol. The van der Waals surface area contributed by atoms with Crippen LogP contribution < -0.4 is 26.8 Å². The first kappa shape index (κ1) is 45.2. The molecule has 6 aromatic rings. The molecule has 1 aliphatic rings. The van der Waals surface area contributed by atoms with E-state index in [0.29, 0.717) is 47.3 Å². The Morgan fingerprint density at radius 3 is 2.25 bits per heavy atom. The first-order chi connectivity index (χ1) is 31.1. The van der Waals surface area contributed by atoms with Gasteiger partial charge in [0, 0.05) is 61.0 Å². The number of nitrogens with one attached hydrogen (secondary N) is 5. The van der Waals surface area contributed by atoms with Gasteiger partial charge >= 0.3 is 12.0 Å². The van der Waals surface area contributed by atoms with E-state index in [1.807, 2.05) is 30.3 Å². The summed E-state index contributed by atoms with van der Waals surface area (Å²) in [5.41, 5.74) is 1.98. The molecule has 1 aromatic heterocycles. The Kier molecular flexibility index (Phi) is 15.2. The number of hydrogen-bond acceptors (Lipinski definition) is 10. The maximum Gasteiger partial charge on any atom is 0.347 e. The Bertz CT molecular complexity index is 2560. The van der Waals surface area contributed by atoms with E-state index in [1.165, 1.54) is 17.7 Å². The minimum Gasteiger partial charge on any atom is -0.506 e. The van der Waals surface area contributed by atoms with Crippen LogP contribution in [0, 0.1) is 5.92 Å². The zero-order valence-corrected chi connectivity index (χ0v) is 35.5. The van der Waals surface area contributed by atoms with Crippen LogP contribution in [0.4, 0.5) is 10.5 Å². The van der Waals surface area contributed by atoms with Crippen LogP contribution in [-0.2, 0) is 28.2 Å². The van der Waals surface area contributed by atoms with E-state index in [2.05, 4.69) is 43.3 Å². The number of aromatic amines is 1. The predicted molar refractivity (Wildman–Crippen MR) is 245 cm³/mol. The number of benzene rings is 5. The highest BCUT2D eigenvalue weighted by Gasteiger charge is 2.42. The number of H-pyrrole nitrogens is 1. The summed E-state index contributed by atoms with van der Waals surface area (Å²) in [5, 5.41) is 45.2. The summed E-state index contributed by atoms with van der Waals surface area (Å²) in [7, 11) is 0. The number of piperidine rings is 1. The molecule has 2 heterocycles. The van der Waals surface area contributed by atoms with Crippen molar-refractivity contribution in [2.75, 3.05) is 44.6 Å². The number of urea groups is 1. The first-order valence-corrected chi connectivity index (χ1v) is 21.5. The van der Waals surface area contributed by atoms with E-state index in [1.54, 1.807) is 78.9 Å². The maximum atomic E-state index is 13.8. The number of amides is 3. The highest BCUT2D eigenvalue weighted by atomic mass is 16.5. The summed E-state index contributed by atoms with van der Waals surface area (Å²) in [6, 6.07) is 38.0. The third-order valence-corrected chi connectivity index (χ3v) is 11.5. The number of anilines is 1. The normalized spacial score (nSPS) is 14.6. The number of carbonyl (C=O) groups excluding carboxylic acids is 3. The molecule has 14 nitrogen and oxygen atoms in total. The van der Waals surface area contributed by atoms with E-state index >= 15 is 0 Å². The van der Waals surface area contributed by atoms with E-state index < -0.39 is 23.7 Å². The Morgan fingerprint density at radius 1 is 0.797 bits per heavy atom. The van der Waals surface area contributed by atoms with Crippen molar-refractivity contribution in [3.05, 3.63) is 177 Å². The molecular formula is C50H54N6O8. The number of rotatable bonds is 18. The van der Waals surface area contributed by atoms with Gasteiger partial charge in [-0.1, -0.05) is 91.0 Å². The number of phenolic OH excluding ortho intramolecular Hbond substituents is 1. The molecule has 0 radical (unpaired) electrons. The molecule has 2 unspecified atom stereocenters.